The molecular weight excluding hydrogens is 376 g/mol. The van der Waals surface area contributed by atoms with Crippen LogP contribution in [0.15, 0.2) is 48.5 Å². The standard InChI is InChI=1S/C21H24N2O4S/c1-3-13-26-18-8-6-5-7-17(18)19(24)23-21(28)22-16-11-9-15(10-12-16)20(25)27-14-4-2/h5-12H,3-4,13-14H2,1-2H3,(H2,22,23,24,28). The van der Waals surface area contributed by atoms with Crippen molar-refractivity contribution in [1.82, 2.24) is 5.32 Å². The van der Waals surface area contributed by atoms with Crippen LogP contribution < -0.4 is 15.4 Å². The fourth-order valence-corrected chi connectivity index (χ4v) is 2.50. The SMILES string of the molecule is CCCOC(=O)c1ccc(NC(=S)NC(=O)c2ccccc2OCCC)cc1. The molecule has 0 spiro atoms. The predicted octanol–water partition coefficient (Wildman–Crippen LogP) is 4.17. The first-order chi connectivity index (χ1) is 13.5. The van der Waals surface area contributed by atoms with Crippen LogP contribution in [-0.4, -0.2) is 30.2 Å². The van der Waals surface area contributed by atoms with Crippen LogP contribution in [0, 0.1) is 0 Å². The van der Waals surface area contributed by atoms with Crippen LogP contribution in [0.5, 0.6) is 5.75 Å². The van der Waals surface area contributed by atoms with Gasteiger partial charge in [-0.25, -0.2) is 4.79 Å². The molecule has 6 nitrogen and oxygen atoms in total. The van der Waals surface area contributed by atoms with Gasteiger partial charge < -0.3 is 14.8 Å². The van der Waals surface area contributed by atoms with Gasteiger partial charge in [-0.05, 0) is 61.5 Å². The van der Waals surface area contributed by atoms with Crippen LogP contribution in [0.25, 0.3) is 0 Å². The number of nitrogens with one attached hydrogen (secondary N) is 2. The van der Waals surface area contributed by atoms with Gasteiger partial charge in [-0.1, -0.05) is 26.0 Å². The van der Waals surface area contributed by atoms with Crippen LogP contribution in [0.2, 0.25) is 0 Å². The zero-order valence-electron chi connectivity index (χ0n) is 16.0. The number of ether oxygens (including phenoxy) is 2. The van der Waals surface area contributed by atoms with Crippen molar-refractivity contribution in [1.29, 1.82) is 0 Å². The number of hydrogen-bond acceptors (Lipinski definition) is 5. The second-order valence-corrected chi connectivity index (χ2v) is 6.37. The molecule has 0 atom stereocenters. The molecule has 148 valence electrons. The molecule has 1 amide bonds. The minimum atomic E-state index is -0.368. The van der Waals surface area contributed by atoms with E-state index in [0.29, 0.717) is 35.8 Å². The molecule has 0 aliphatic rings. The van der Waals surface area contributed by atoms with Crippen LogP contribution >= 0.6 is 12.2 Å². The number of benzene rings is 2. The fourth-order valence-electron chi connectivity index (χ4n) is 2.29. The lowest BCUT2D eigenvalue weighted by Gasteiger charge is -2.13. The van der Waals surface area contributed by atoms with E-state index in [1.54, 1.807) is 42.5 Å². The van der Waals surface area contributed by atoms with E-state index in [-0.39, 0.29) is 17.0 Å². The Morgan fingerprint density at radius 2 is 1.64 bits per heavy atom. The number of thiocarbonyl (C=S) groups is 1. The summed E-state index contributed by atoms with van der Waals surface area (Å²) in [6.07, 6.45) is 1.61. The maximum Gasteiger partial charge on any atom is 0.338 e. The zero-order valence-corrected chi connectivity index (χ0v) is 16.8. The normalized spacial score (nSPS) is 10.1. The number of hydrogen-bond donors (Lipinski definition) is 2. The topological polar surface area (TPSA) is 76.7 Å². The summed E-state index contributed by atoms with van der Waals surface area (Å²) in [5.41, 5.74) is 1.51. The molecule has 0 radical (unpaired) electrons. The third-order valence-electron chi connectivity index (χ3n) is 3.64. The molecule has 7 heteroatoms. The number of carbonyl (C=O) groups excluding carboxylic acids is 2. The molecule has 0 aromatic heterocycles. The molecule has 28 heavy (non-hydrogen) atoms. The summed E-state index contributed by atoms with van der Waals surface area (Å²) in [6.45, 7) is 4.85. The van der Waals surface area contributed by atoms with E-state index in [1.807, 2.05) is 19.9 Å². The summed E-state index contributed by atoms with van der Waals surface area (Å²) >= 11 is 5.21. The van der Waals surface area contributed by atoms with Crippen LogP contribution in [0.3, 0.4) is 0 Å². The molecule has 0 unspecified atom stereocenters. The number of amides is 1. The van der Waals surface area contributed by atoms with E-state index >= 15 is 0 Å². The number of carbonyl (C=O) groups is 2. The van der Waals surface area contributed by atoms with Crippen molar-refractivity contribution in [2.75, 3.05) is 18.5 Å². The lowest BCUT2D eigenvalue weighted by molar-refractivity contribution is 0.0505. The largest absolute Gasteiger partial charge is 0.493 e. The van der Waals surface area contributed by atoms with Gasteiger partial charge in [-0.2, -0.15) is 0 Å². The van der Waals surface area contributed by atoms with Gasteiger partial charge in [-0.15, -0.1) is 0 Å². The Hall–Kier alpha value is -2.93. The molecule has 0 bridgehead atoms. The lowest BCUT2D eigenvalue weighted by atomic mass is 10.2. The maximum absolute atomic E-state index is 12.5. The van der Waals surface area contributed by atoms with Gasteiger partial charge in [0, 0.05) is 5.69 Å². The lowest BCUT2D eigenvalue weighted by Crippen LogP contribution is -2.34. The van der Waals surface area contributed by atoms with E-state index < -0.39 is 0 Å². The summed E-state index contributed by atoms with van der Waals surface area (Å²) in [5.74, 6) is -0.212. The Balaban J connectivity index is 1.95. The Kier molecular flexibility index (Phi) is 8.42. The molecule has 0 saturated heterocycles. The van der Waals surface area contributed by atoms with Crippen molar-refractivity contribution in [3.8, 4) is 5.75 Å². The molecule has 2 aromatic carbocycles. The van der Waals surface area contributed by atoms with Gasteiger partial charge in [0.25, 0.3) is 5.91 Å². The van der Waals surface area contributed by atoms with E-state index in [9.17, 15) is 9.59 Å². The summed E-state index contributed by atoms with van der Waals surface area (Å²) in [4.78, 5) is 24.3. The first kappa shape index (κ1) is 21.4. The third kappa shape index (κ3) is 6.35. The summed E-state index contributed by atoms with van der Waals surface area (Å²) in [7, 11) is 0. The molecule has 2 aromatic rings. The first-order valence-corrected chi connectivity index (χ1v) is 9.57. The van der Waals surface area contributed by atoms with E-state index in [1.165, 1.54) is 0 Å². The van der Waals surface area contributed by atoms with E-state index in [0.717, 1.165) is 12.8 Å². The Morgan fingerprint density at radius 1 is 0.964 bits per heavy atom. The zero-order chi connectivity index (χ0) is 20.4. The van der Waals surface area contributed by atoms with Crippen molar-refractivity contribution in [2.24, 2.45) is 0 Å². The number of para-hydroxylation sites is 1. The number of rotatable bonds is 8. The smallest absolute Gasteiger partial charge is 0.338 e. The molecule has 2 rings (SSSR count). The van der Waals surface area contributed by atoms with Crippen molar-refractivity contribution in [3.05, 3.63) is 59.7 Å². The molecule has 0 aliphatic carbocycles. The second-order valence-electron chi connectivity index (χ2n) is 5.97. The van der Waals surface area contributed by atoms with Gasteiger partial charge in [0.15, 0.2) is 5.11 Å². The Bertz CT molecular complexity index is 821. The average molecular weight is 401 g/mol. The minimum absolute atomic E-state index is 0.150. The quantitative estimate of drug-likeness (QED) is 0.512. The third-order valence-corrected chi connectivity index (χ3v) is 3.84. The highest BCUT2D eigenvalue weighted by molar-refractivity contribution is 7.80. The molecule has 0 fully saturated rings. The number of anilines is 1. The number of esters is 1. The average Bonchev–Trinajstić information content (AvgIpc) is 2.71. The van der Waals surface area contributed by atoms with Gasteiger partial charge in [0.2, 0.25) is 0 Å². The van der Waals surface area contributed by atoms with Crippen molar-refractivity contribution in [2.45, 2.75) is 26.7 Å². The van der Waals surface area contributed by atoms with Gasteiger partial charge in [0.05, 0.1) is 24.3 Å². The highest BCUT2D eigenvalue weighted by Gasteiger charge is 2.14. The monoisotopic (exact) mass is 400 g/mol. The predicted molar refractivity (Wildman–Crippen MR) is 113 cm³/mol. The summed E-state index contributed by atoms with van der Waals surface area (Å²) < 4.78 is 10.7. The van der Waals surface area contributed by atoms with Gasteiger partial charge in [-0.3, -0.25) is 10.1 Å². The second kappa shape index (κ2) is 11.0. The Morgan fingerprint density at radius 3 is 2.32 bits per heavy atom. The van der Waals surface area contributed by atoms with Crippen molar-refractivity contribution in [3.63, 3.8) is 0 Å². The van der Waals surface area contributed by atoms with Crippen LogP contribution in [0.1, 0.15) is 47.4 Å². The molecule has 0 aliphatic heterocycles. The van der Waals surface area contributed by atoms with Crippen LogP contribution in [-0.2, 0) is 4.74 Å². The maximum atomic E-state index is 12.5. The molecule has 0 saturated carbocycles. The van der Waals surface area contributed by atoms with E-state index in [2.05, 4.69) is 10.6 Å². The van der Waals surface area contributed by atoms with Gasteiger partial charge >= 0.3 is 5.97 Å². The molecule has 0 heterocycles. The fraction of sp³-hybridized carbons (Fsp3) is 0.286. The van der Waals surface area contributed by atoms with E-state index in [4.69, 9.17) is 21.7 Å². The van der Waals surface area contributed by atoms with Crippen molar-refractivity contribution < 1.29 is 19.1 Å². The van der Waals surface area contributed by atoms with Crippen molar-refractivity contribution >= 4 is 34.9 Å². The highest BCUT2D eigenvalue weighted by Crippen LogP contribution is 2.18. The Labute approximate surface area is 170 Å². The molecule has 2 N–H and O–H groups in total. The molecular formula is C21H24N2O4S. The summed E-state index contributed by atoms with van der Waals surface area (Å²) in [6, 6.07) is 13.7. The van der Waals surface area contributed by atoms with Crippen LogP contribution in [0.4, 0.5) is 5.69 Å². The highest BCUT2D eigenvalue weighted by atomic mass is 32.1. The van der Waals surface area contributed by atoms with Gasteiger partial charge in [0.1, 0.15) is 5.75 Å². The first-order valence-electron chi connectivity index (χ1n) is 9.16. The minimum Gasteiger partial charge on any atom is -0.493 e. The summed E-state index contributed by atoms with van der Waals surface area (Å²) in [5, 5.41) is 5.71.